The minimum absolute atomic E-state index is 0.00868. The number of rotatable bonds is 9. The third kappa shape index (κ3) is 6.08. The number of carbonyl (C=O) groups is 2. The van der Waals surface area contributed by atoms with Gasteiger partial charge in [0, 0.05) is 24.9 Å². The van der Waals surface area contributed by atoms with Crippen LogP contribution in [0.2, 0.25) is 0 Å². The second kappa shape index (κ2) is 11.8. The Morgan fingerprint density at radius 2 is 1.82 bits per heavy atom. The number of hydrogen-bond acceptors (Lipinski definition) is 6. The van der Waals surface area contributed by atoms with Crippen molar-refractivity contribution in [2.75, 3.05) is 6.61 Å². The van der Waals surface area contributed by atoms with E-state index in [9.17, 15) is 22.8 Å². The molecule has 0 radical (unpaired) electrons. The fourth-order valence-electron chi connectivity index (χ4n) is 5.13. The molecule has 1 aliphatic rings. The van der Waals surface area contributed by atoms with Gasteiger partial charge in [0.1, 0.15) is 28.8 Å². The Morgan fingerprint density at radius 1 is 1.08 bits per heavy atom. The topological polar surface area (TPSA) is 115 Å². The van der Waals surface area contributed by atoms with Crippen molar-refractivity contribution in [1.29, 1.82) is 0 Å². The van der Waals surface area contributed by atoms with Crippen molar-refractivity contribution in [2.45, 2.75) is 50.7 Å². The minimum Gasteiger partial charge on any atom is -0.481 e. The molecule has 1 aliphatic carbocycles. The molecular formula is C28H28F3N3O4. The predicted molar refractivity (Wildman–Crippen MR) is 133 cm³/mol. The summed E-state index contributed by atoms with van der Waals surface area (Å²) >= 11 is 0. The quantitative estimate of drug-likeness (QED) is 0.388. The second-order valence-corrected chi connectivity index (χ2v) is 9.59. The van der Waals surface area contributed by atoms with E-state index in [1.165, 1.54) is 6.07 Å². The van der Waals surface area contributed by atoms with Gasteiger partial charge in [0.15, 0.2) is 5.78 Å². The Bertz CT molecular complexity index is 1300. The highest BCUT2D eigenvalue weighted by Gasteiger charge is 2.36. The van der Waals surface area contributed by atoms with Crippen LogP contribution in [-0.4, -0.2) is 45.6 Å². The van der Waals surface area contributed by atoms with Crippen molar-refractivity contribution in [3.05, 3.63) is 83.1 Å². The van der Waals surface area contributed by atoms with Crippen molar-refractivity contribution < 1.29 is 32.6 Å². The molecule has 1 saturated carbocycles. The van der Waals surface area contributed by atoms with E-state index in [-0.39, 0.29) is 49.1 Å². The summed E-state index contributed by atoms with van der Waals surface area (Å²) < 4.78 is 48.8. The SMILES string of the molecule is C[C@@H]1C[C@H](c2ccncc2CC(=O)c2ccc(F)c(-c3c(F)cccc3F)n2)C[C@H](N)[C@H]1OCCC(=O)O. The lowest BCUT2D eigenvalue weighted by molar-refractivity contribution is -0.139. The molecule has 0 saturated heterocycles. The molecule has 1 aromatic carbocycles. The molecular weight excluding hydrogens is 499 g/mol. The number of ether oxygens (including phenoxy) is 1. The molecule has 2 heterocycles. The average molecular weight is 528 g/mol. The zero-order valence-electron chi connectivity index (χ0n) is 20.7. The number of aliphatic carboxylic acids is 1. The number of hydrogen-bond donors (Lipinski definition) is 2. The fourth-order valence-corrected chi connectivity index (χ4v) is 5.13. The summed E-state index contributed by atoms with van der Waals surface area (Å²) in [7, 11) is 0. The molecule has 7 nitrogen and oxygen atoms in total. The summed E-state index contributed by atoms with van der Waals surface area (Å²) in [4.78, 5) is 32.1. The Kier molecular flexibility index (Phi) is 8.53. The van der Waals surface area contributed by atoms with Crippen LogP contribution in [0.15, 0.2) is 48.8 Å². The van der Waals surface area contributed by atoms with Crippen molar-refractivity contribution >= 4 is 11.8 Å². The van der Waals surface area contributed by atoms with Gasteiger partial charge in [-0.3, -0.25) is 14.6 Å². The van der Waals surface area contributed by atoms with Crippen LogP contribution in [0.3, 0.4) is 0 Å². The highest BCUT2D eigenvalue weighted by molar-refractivity contribution is 5.96. The van der Waals surface area contributed by atoms with E-state index in [4.69, 9.17) is 15.6 Å². The summed E-state index contributed by atoms with van der Waals surface area (Å²) in [6.07, 6.45) is 4.02. The molecule has 2 aromatic heterocycles. The summed E-state index contributed by atoms with van der Waals surface area (Å²) in [6, 6.07) is 6.81. The van der Waals surface area contributed by atoms with E-state index in [1.54, 1.807) is 12.4 Å². The number of carboxylic acid groups (broad SMARTS) is 1. The van der Waals surface area contributed by atoms with Gasteiger partial charge >= 0.3 is 5.97 Å². The van der Waals surface area contributed by atoms with Crippen LogP contribution >= 0.6 is 0 Å². The molecule has 0 aliphatic heterocycles. The molecule has 200 valence electrons. The van der Waals surface area contributed by atoms with Gasteiger partial charge in [-0.25, -0.2) is 18.2 Å². The molecule has 3 N–H and O–H groups in total. The van der Waals surface area contributed by atoms with Gasteiger partial charge < -0.3 is 15.6 Å². The van der Waals surface area contributed by atoms with Gasteiger partial charge in [0.25, 0.3) is 0 Å². The number of aromatic nitrogens is 2. The molecule has 0 amide bonds. The molecule has 4 rings (SSSR count). The van der Waals surface area contributed by atoms with Gasteiger partial charge in [-0.1, -0.05) is 13.0 Å². The van der Waals surface area contributed by atoms with Crippen molar-refractivity contribution in [3.63, 3.8) is 0 Å². The molecule has 0 unspecified atom stereocenters. The maximum Gasteiger partial charge on any atom is 0.305 e. The maximum absolute atomic E-state index is 14.5. The lowest BCUT2D eigenvalue weighted by Crippen LogP contribution is -2.46. The summed E-state index contributed by atoms with van der Waals surface area (Å²) in [6.45, 7) is 2.08. The first kappa shape index (κ1) is 27.4. The zero-order valence-corrected chi connectivity index (χ0v) is 20.7. The number of carbonyl (C=O) groups excluding carboxylic acids is 1. The summed E-state index contributed by atoms with van der Waals surface area (Å²) in [5, 5.41) is 8.86. The van der Waals surface area contributed by atoms with Crippen molar-refractivity contribution in [2.24, 2.45) is 11.7 Å². The van der Waals surface area contributed by atoms with E-state index < -0.39 is 40.5 Å². The van der Waals surface area contributed by atoms with E-state index in [2.05, 4.69) is 9.97 Å². The zero-order chi connectivity index (χ0) is 27.4. The lowest BCUT2D eigenvalue weighted by atomic mass is 9.73. The second-order valence-electron chi connectivity index (χ2n) is 9.59. The highest BCUT2D eigenvalue weighted by Crippen LogP contribution is 2.38. The van der Waals surface area contributed by atoms with E-state index >= 15 is 0 Å². The van der Waals surface area contributed by atoms with Crippen LogP contribution in [0.1, 0.15) is 53.7 Å². The first-order valence-corrected chi connectivity index (χ1v) is 12.3. The number of benzene rings is 1. The van der Waals surface area contributed by atoms with Crippen LogP contribution in [0.4, 0.5) is 13.2 Å². The van der Waals surface area contributed by atoms with E-state index in [1.807, 2.05) is 13.0 Å². The van der Waals surface area contributed by atoms with Crippen molar-refractivity contribution in [3.8, 4) is 11.3 Å². The largest absolute Gasteiger partial charge is 0.481 e. The minimum atomic E-state index is -0.983. The maximum atomic E-state index is 14.5. The smallest absolute Gasteiger partial charge is 0.305 e. The molecule has 38 heavy (non-hydrogen) atoms. The summed E-state index contributed by atoms with van der Waals surface area (Å²) in [5.74, 6) is -4.25. The monoisotopic (exact) mass is 527 g/mol. The third-order valence-electron chi connectivity index (χ3n) is 6.89. The lowest BCUT2D eigenvalue weighted by Gasteiger charge is -2.39. The average Bonchev–Trinajstić information content (AvgIpc) is 2.86. The van der Waals surface area contributed by atoms with Crippen LogP contribution in [0, 0.1) is 23.4 Å². The molecule has 10 heteroatoms. The molecule has 1 fully saturated rings. The Hall–Kier alpha value is -3.63. The molecule has 0 spiro atoms. The van der Waals surface area contributed by atoms with Gasteiger partial charge in [0.2, 0.25) is 0 Å². The summed E-state index contributed by atoms with van der Waals surface area (Å²) in [5.41, 5.74) is 6.62. The number of carboxylic acids is 1. The number of nitrogens with zero attached hydrogens (tertiary/aromatic N) is 2. The van der Waals surface area contributed by atoms with Gasteiger partial charge in [-0.15, -0.1) is 0 Å². The van der Waals surface area contributed by atoms with Crippen LogP contribution < -0.4 is 5.73 Å². The highest BCUT2D eigenvalue weighted by atomic mass is 19.1. The number of ketones is 1. The molecule has 0 bridgehead atoms. The Morgan fingerprint density at radius 3 is 2.50 bits per heavy atom. The van der Waals surface area contributed by atoms with Crippen LogP contribution in [0.25, 0.3) is 11.3 Å². The standard InChI is InChI=1S/C28H28F3N3O4/c1-15-11-16(12-22(32)28(15)38-10-8-25(36)37)18-7-9-33-14-17(18)13-24(35)23-6-5-21(31)27(34-23)26-19(29)3-2-4-20(26)30/h2-7,9,14-16,22,28H,8,10-13,32H2,1H3,(H,36,37)/t15-,16+,22+,28+/m1/s1. The number of nitrogens with two attached hydrogens (primary N) is 1. The van der Waals surface area contributed by atoms with Gasteiger partial charge in [0.05, 0.1) is 24.7 Å². The van der Waals surface area contributed by atoms with Gasteiger partial charge in [-0.2, -0.15) is 0 Å². The number of Topliss-reactive ketones (excluding diaryl/α,β-unsaturated/α-hetero) is 1. The predicted octanol–water partition coefficient (Wildman–Crippen LogP) is 4.69. The van der Waals surface area contributed by atoms with Gasteiger partial charge in [-0.05, 0) is 66.1 Å². The van der Waals surface area contributed by atoms with Crippen molar-refractivity contribution in [1.82, 2.24) is 9.97 Å². The first-order chi connectivity index (χ1) is 18.2. The third-order valence-corrected chi connectivity index (χ3v) is 6.89. The van der Waals surface area contributed by atoms with E-state index in [0.717, 1.165) is 29.8 Å². The first-order valence-electron chi connectivity index (χ1n) is 12.3. The van der Waals surface area contributed by atoms with Crippen LogP contribution in [0.5, 0.6) is 0 Å². The van der Waals surface area contributed by atoms with Crippen LogP contribution in [-0.2, 0) is 16.0 Å². The Labute approximate surface area is 217 Å². The molecule has 3 aromatic rings. The normalized spacial score (nSPS) is 21.3. The fraction of sp³-hybridized carbons (Fsp3) is 0.357. The van der Waals surface area contributed by atoms with E-state index in [0.29, 0.717) is 18.4 Å². The molecule has 4 atom stereocenters. The number of halogens is 3. The Balaban J connectivity index is 1.53. The number of pyridine rings is 2.